The number of likely N-dealkylation sites (tertiary alicyclic amines) is 1. The highest BCUT2D eigenvalue weighted by molar-refractivity contribution is 5.97. The Kier molecular flexibility index (Phi) is 7.41. The number of hydrogen-bond acceptors (Lipinski definition) is 5. The van der Waals surface area contributed by atoms with E-state index in [4.69, 9.17) is 9.47 Å². The predicted molar refractivity (Wildman–Crippen MR) is 117 cm³/mol. The van der Waals surface area contributed by atoms with E-state index in [2.05, 4.69) is 5.32 Å². The van der Waals surface area contributed by atoms with Gasteiger partial charge in [0.15, 0.2) is 0 Å². The third-order valence-electron chi connectivity index (χ3n) is 5.48. The number of amides is 3. The summed E-state index contributed by atoms with van der Waals surface area (Å²) in [6.45, 7) is 8.30. The van der Waals surface area contributed by atoms with E-state index in [9.17, 15) is 14.4 Å². The van der Waals surface area contributed by atoms with Crippen LogP contribution in [0.4, 0.5) is 10.5 Å². The van der Waals surface area contributed by atoms with Crippen LogP contribution in [-0.2, 0) is 14.3 Å². The summed E-state index contributed by atoms with van der Waals surface area (Å²) in [6.07, 6.45) is 1.64. The molecule has 0 bridgehead atoms. The van der Waals surface area contributed by atoms with E-state index in [-0.39, 0.29) is 24.7 Å². The molecule has 0 atom stereocenters. The fourth-order valence-electron chi connectivity index (χ4n) is 3.86. The van der Waals surface area contributed by atoms with Gasteiger partial charge in [-0.15, -0.1) is 0 Å². The molecule has 0 saturated carbocycles. The van der Waals surface area contributed by atoms with Gasteiger partial charge in [0, 0.05) is 32.5 Å². The zero-order chi connectivity index (χ0) is 22.4. The van der Waals surface area contributed by atoms with Crippen molar-refractivity contribution in [3.8, 4) is 5.75 Å². The van der Waals surface area contributed by atoms with Gasteiger partial charge in [0.1, 0.15) is 18.0 Å². The molecular formula is C23H33N3O5. The molecule has 1 N–H and O–H groups in total. The van der Waals surface area contributed by atoms with Crippen LogP contribution in [0, 0.1) is 5.92 Å². The number of piperidine rings is 1. The molecule has 170 valence electrons. The SMILES string of the molecule is CC(C)(C)OC(=O)NCC1CCN(C(=O)CCC(=O)N2CCOc3ccccc32)CC1. The van der Waals surface area contributed by atoms with Crippen molar-refractivity contribution in [2.75, 3.05) is 37.7 Å². The Morgan fingerprint density at radius 3 is 2.45 bits per heavy atom. The van der Waals surface area contributed by atoms with Gasteiger partial charge in [0.25, 0.3) is 0 Å². The van der Waals surface area contributed by atoms with Crippen molar-refractivity contribution >= 4 is 23.6 Å². The lowest BCUT2D eigenvalue weighted by atomic mass is 9.96. The second kappa shape index (κ2) is 10.0. The fraction of sp³-hybridized carbons (Fsp3) is 0.609. The number of para-hydroxylation sites is 2. The molecule has 0 aliphatic carbocycles. The van der Waals surface area contributed by atoms with Crippen LogP contribution >= 0.6 is 0 Å². The molecule has 3 amide bonds. The van der Waals surface area contributed by atoms with Crippen molar-refractivity contribution in [3.63, 3.8) is 0 Å². The monoisotopic (exact) mass is 431 g/mol. The van der Waals surface area contributed by atoms with Crippen molar-refractivity contribution in [3.05, 3.63) is 24.3 Å². The van der Waals surface area contributed by atoms with Crippen LogP contribution in [0.2, 0.25) is 0 Å². The number of carbonyl (C=O) groups is 3. The van der Waals surface area contributed by atoms with E-state index in [1.807, 2.05) is 49.9 Å². The Morgan fingerprint density at radius 1 is 1.06 bits per heavy atom. The number of ether oxygens (including phenoxy) is 2. The number of hydrogen-bond donors (Lipinski definition) is 1. The van der Waals surface area contributed by atoms with Gasteiger partial charge < -0.3 is 24.6 Å². The Balaban J connectivity index is 1.39. The number of nitrogens with zero attached hydrogens (tertiary/aromatic N) is 2. The minimum Gasteiger partial charge on any atom is -0.490 e. The van der Waals surface area contributed by atoms with Crippen molar-refractivity contribution in [1.82, 2.24) is 10.2 Å². The summed E-state index contributed by atoms with van der Waals surface area (Å²) in [5.41, 5.74) is 0.255. The van der Waals surface area contributed by atoms with Crippen LogP contribution < -0.4 is 15.0 Å². The Bertz CT molecular complexity index is 797. The quantitative estimate of drug-likeness (QED) is 0.774. The van der Waals surface area contributed by atoms with Gasteiger partial charge in [-0.2, -0.15) is 0 Å². The second-order valence-corrected chi connectivity index (χ2v) is 9.07. The third kappa shape index (κ3) is 6.60. The maximum absolute atomic E-state index is 12.7. The van der Waals surface area contributed by atoms with Gasteiger partial charge in [0.2, 0.25) is 11.8 Å². The normalized spacial score (nSPS) is 16.9. The number of anilines is 1. The maximum atomic E-state index is 12.7. The molecule has 2 aliphatic rings. The lowest BCUT2D eigenvalue weighted by Gasteiger charge is -2.33. The number of rotatable bonds is 5. The van der Waals surface area contributed by atoms with Crippen molar-refractivity contribution in [2.24, 2.45) is 5.92 Å². The molecule has 0 aromatic heterocycles. The largest absolute Gasteiger partial charge is 0.490 e. The molecule has 31 heavy (non-hydrogen) atoms. The van der Waals surface area contributed by atoms with Gasteiger partial charge in [-0.25, -0.2) is 4.79 Å². The number of alkyl carbamates (subject to hydrolysis) is 1. The van der Waals surface area contributed by atoms with Gasteiger partial charge in [0.05, 0.1) is 12.2 Å². The summed E-state index contributed by atoms with van der Waals surface area (Å²) in [6, 6.07) is 7.47. The first-order valence-corrected chi connectivity index (χ1v) is 11.0. The minimum atomic E-state index is -0.513. The van der Waals surface area contributed by atoms with E-state index in [1.165, 1.54) is 0 Å². The standard InChI is InChI=1S/C23H33N3O5/c1-23(2,3)31-22(29)24-16-17-10-12-25(13-11-17)20(27)8-9-21(28)26-14-15-30-19-7-5-4-6-18(19)26/h4-7,17H,8-16H2,1-3H3,(H,24,29). The van der Waals surface area contributed by atoms with Crippen molar-refractivity contribution < 1.29 is 23.9 Å². The van der Waals surface area contributed by atoms with Crippen LogP contribution in [0.25, 0.3) is 0 Å². The third-order valence-corrected chi connectivity index (χ3v) is 5.48. The van der Waals surface area contributed by atoms with E-state index in [1.54, 1.807) is 4.90 Å². The minimum absolute atomic E-state index is 0.00782. The average Bonchev–Trinajstić information content (AvgIpc) is 2.74. The number of fused-ring (bicyclic) bond motifs is 1. The van der Waals surface area contributed by atoms with E-state index in [0.29, 0.717) is 44.5 Å². The summed E-state index contributed by atoms with van der Waals surface area (Å²) in [5, 5.41) is 2.81. The van der Waals surface area contributed by atoms with Gasteiger partial charge in [-0.3, -0.25) is 9.59 Å². The van der Waals surface area contributed by atoms with Crippen LogP contribution in [-0.4, -0.2) is 61.2 Å². The molecule has 8 heteroatoms. The highest BCUT2D eigenvalue weighted by atomic mass is 16.6. The van der Waals surface area contributed by atoms with E-state index < -0.39 is 11.7 Å². The summed E-state index contributed by atoms with van der Waals surface area (Å²) in [5.74, 6) is 0.979. The summed E-state index contributed by atoms with van der Waals surface area (Å²) < 4.78 is 10.8. The first-order chi connectivity index (χ1) is 14.7. The Morgan fingerprint density at radius 2 is 1.74 bits per heavy atom. The van der Waals surface area contributed by atoms with Crippen LogP contribution in [0.15, 0.2) is 24.3 Å². The van der Waals surface area contributed by atoms with Crippen LogP contribution in [0.3, 0.4) is 0 Å². The molecule has 2 heterocycles. The van der Waals surface area contributed by atoms with Crippen molar-refractivity contribution in [2.45, 2.75) is 52.1 Å². The first kappa shape index (κ1) is 22.9. The molecule has 0 unspecified atom stereocenters. The highest BCUT2D eigenvalue weighted by Gasteiger charge is 2.27. The summed E-state index contributed by atoms with van der Waals surface area (Å²) in [4.78, 5) is 40.6. The lowest BCUT2D eigenvalue weighted by Crippen LogP contribution is -2.43. The Labute approximate surface area is 183 Å². The smallest absolute Gasteiger partial charge is 0.407 e. The molecule has 0 spiro atoms. The van der Waals surface area contributed by atoms with Crippen molar-refractivity contribution in [1.29, 1.82) is 0 Å². The van der Waals surface area contributed by atoms with Crippen LogP contribution in [0.5, 0.6) is 5.75 Å². The van der Waals surface area contributed by atoms with Gasteiger partial charge >= 0.3 is 6.09 Å². The molecule has 1 aromatic carbocycles. The number of nitrogens with one attached hydrogen (secondary N) is 1. The average molecular weight is 432 g/mol. The molecule has 2 aliphatic heterocycles. The zero-order valence-electron chi connectivity index (χ0n) is 18.7. The molecule has 1 saturated heterocycles. The molecule has 0 radical (unpaired) electrons. The predicted octanol–water partition coefficient (Wildman–Crippen LogP) is 2.96. The van der Waals surface area contributed by atoms with Gasteiger partial charge in [-0.05, 0) is 51.7 Å². The highest BCUT2D eigenvalue weighted by Crippen LogP contribution is 2.31. The first-order valence-electron chi connectivity index (χ1n) is 11.0. The lowest BCUT2D eigenvalue weighted by molar-refractivity contribution is -0.134. The Hall–Kier alpha value is -2.77. The summed E-state index contributed by atoms with van der Waals surface area (Å²) >= 11 is 0. The maximum Gasteiger partial charge on any atom is 0.407 e. The molecule has 3 rings (SSSR count). The van der Waals surface area contributed by atoms with Crippen LogP contribution in [0.1, 0.15) is 46.5 Å². The molecule has 1 aromatic rings. The van der Waals surface area contributed by atoms with E-state index >= 15 is 0 Å². The molecular weight excluding hydrogens is 398 g/mol. The molecule has 8 nitrogen and oxygen atoms in total. The fourth-order valence-corrected chi connectivity index (χ4v) is 3.86. The topological polar surface area (TPSA) is 88.2 Å². The summed E-state index contributed by atoms with van der Waals surface area (Å²) in [7, 11) is 0. The van der Waals surface area contributed by atoms with E-state index in [0.717, 1.165) is 18.5 Å². The number of benzene rings is 1. The number of carbonyl (C=O) groups excluding carboxylic acids is 3. The molecule has 1 fully saturated rings. The zero-order valence-corrected chi connectivity index (χ0v) is 18.7. The van der Waals surface area contributed by atoms with Gasteiger partial charge in [-0.1, -0.05) is 12.1 Å². The second-order valence-electron chi connectivity index (χ2n) is 9.07.